The molecule has 2 heterocycles. The molecular weight excluding hydrogens is 396 g/mol. The zero-order chi connectivity index (χ0) is 22.6. The highest BCUT2D eigenvalue weighted by Crippen LogP contribution is 2.36. The van der Waals surface area contributed by atoms with Crippen molar-refractivity contribution in [2.24, 2.45) is 5.41 Å². The summed E-state index contributed by atoms with van der Waals surface area (Å²) in [7, 11) is 0. The van der Waals surface area contributed by atoms with Crippen LogP contribution >= 0.6 is 0 Å². The number of likely N-dealkylation sites (tertiary alicyclic amines) is 1. The Balaban J connectivity index is 1.51. The Morgan fingerprint density at radius 1 is 1.03 bits per heavy atom. The highest BCUT2D eigenvalue weighted by atomic mass is 16.5. The largest absolute Gasteiger partial charge is 0.381 e. The SMILES string of the molecule is Cc1cc(C)cc(-c2cccc(CC3(C(=O)N[C@@H](C)CN4CCCC4)CCOCC3)c2)c1. The van der Waals surface area contributed by atoms with E-state index >= 15 is 0 Å². The van der Waals surface area contributed by atoms with Crippen LogP contribution in [0.2, 0.25) is 0 Å². The van der Waals surface area contributed by atoms with Crippen LogP contribution in [0.5, 0.6) is 0 Å². The lowest BCUT2D eigenvalue weighted by Gasteiger charge is -2.37. The Labute approximate surface area is 193 Å². The lowest BCUT2D eigenvalue weighted by molar-refractivity contribution is -0.137. The smallest absolute Gasteiger partial charge is 0.226 e. The van der Waals surface area contributed by atoms with Crippen molar-refractivity contribution in [3.05, 3.63) is 59.2 Å². The van der Waals surface area contributed by atoms with Gasteiger partial charge in [0.1, 0.15) is 0 Å². The van der Waals surface area contributed by atoms with E-state index in [4.69, 9.17) is 4.74 Å². The molecule has 1 atom stereocenters. The van der Waals surface area contributed by atoms with Crippen LogP contribution in [0.15, 0.2) is 42.5 Å². The standard InChI is InChI=1S/C28H38N2O2/c1-21-15-22(2)17-26(16-21)25-8-6-7-24(18-25)19-28(9-13-32-14-10-28)27(31)29-23(3)20-30-11-4-5-12-30/h6-8,15-18,23H,4-5,9-14,19-20H2,1-3H3,(H,29,31)/t23-/m0/s1. The van der Waals surface area contributed by atoms with E-state index < -0.39 is 5.41 Å². The summed E-state index contributed by atoms with van der Waals surface area (Å²) in [4.78, 5) is 16.0. The molecule has 4 heteroatoms. The van der Waals surface area contributed by atoms with E-state index in [1.165, 1.54) is 40.7 Å². The highest BCUT2D eigenvalue weighted by Gasteiger charge is 2.40. The molecule has 4 rings (SSSR count). The molecule has 2 saturated heterocycles. The fraction of sp³-hybridized carbons (Fsp3) is 0.536. The van der Waals surface area contributed by atoms with Crippen LogP contribution in [0.3, 0.4) is 0 Å². The molecule has 2 aromatic carbocycles. The van der Waals surface area contributed by atoms with Crippen molar-refractivity contribution in [1.29, 1.82) is 0 Å². The van der Waals surface area contributed by atoms with Gasteiger partial charge in [-0.3, -0.25) is 4.79 Å². The van der Waals surface area contributed by atoms with Crippen molar-refractivity contribution in [1.82, 2.24) is 10.2 Å². The molecule has 1 N–H and O–H groups in total. The van der Waals surface area contributed by atoms with E-state index in [2.05, 4.69) is 73.5 Å². The van der Waals surface area contributed by atoms with Crippen molar-refractivity contribution >= 4 is 5.91 Å². The van der Waals surface area contributed by atoms with Gasteiger partial charge in [0.05, 0.1) is 5.41 Å². The van der Waals surface area contributed by atoms with Crippen molar-refractivity contribution in [3.63, 3.8) is 0 Å². The maximum absolute atomic E-state index is 13.6. The molecule has 2 fully saturated rings. The first-order chi connectivity index (χ1) is 15.4. The predicted octanol–water partition coefficient (Wildman–Crippen LogP) is 4.91. The maximum Gasteiger partial charge on any atom is 0.226 e. The van der Waals surface area contributed by atoms with E-state index in [1.54, 1.807) is 0 Å². The second-order valence-electron chi connectivity index (χ2n) is 10.0. The minimum atomic E-state index is -0.390. The van der Waals surface area contributed by atoms with Gasteiger partial charge in [-0.1, -0.05) is 53.6 Å². The fourth-order valence-corrected chi connectivity index (χ4v) is 5.41. The summed E-state index contributed by atoms with van der Waals surface area (Å²) in [6.45, 7) is 11.0. The van der Waals surface area contributed by atoms with Crippen molar-refractivity contribution in [2.75, 3.05) is 32.8 Å². The van der Waals surface area contributed by atoms with Gasteiger partial charge in [-0.05, 0) is 82.7 Å². The molecule has 0 saturated carbocycles. The molecule has 2 aromatic rings. The van der Waals surface area contributed by atoms with E-state index in [9.17, 15) is 4.79 Å². The Kier molecular flexibility index (Phi) is 7.32. The number of nitrogens with one attached hydrogen (secondary N) is 1. The molecule has 0 aliphatic carbocycles. The summed E-state index contributed by atoms with van der Waals surface area (Å²) >= 11 is 0. The van der Waals surface area contributed by atoms with E-state index in [0.29, 0.717) is 13.2 Å². The van der Waals surface area contributed by atoms with Gasteiger partial charge in [0.2, 0.25) is 5.91 Å². The van der Waals surface area contributed by atoms with Gasteiger partial charge in [-0.15, -0.1) is 0 Å². The summed E-state index contributed by atoms with van der Waals surface area (Å²) in [6, 6.07) is 15.6. The Hall–Kier alpha value is -2.17. The molecule has 0 radical (unpaired) electrons. The molecule has 172 valence electrons. The van der Waals surface area contributed by atoms with Crippen LogP contribution in [0.25, 0.3) is 11.1 Å². The minimum absolute atomic E-state index is 0.168. The number of amides is 1. The second kappa shape index (κ2) is 10.2. The third kappa shape index (κ3) is 5.60. The third-order valence-electron chi connectivity index (χ3n) is 7.06. The van der Waals surface area contributed by atoms with Crippen LogP contribution < -0.4 is 5.32 Å². The third-order valence-corrected chi connectivity index (χ3v) is 7.06. The second-order valence-corrected chi connectivity index (χ2v) is 10.0. The van der Waals surface area contributed by atoms with E-state index in [0.717, 1.165) is 38.9 Å². The number of carbonyl (C=O) groups excluding carboxylic acids is 1. The van der Waals surface area contributed by atoms with E-state index in [-0.39, 0.29) is 11.9 Å². The molecule has 0 bridgehead atoms. The molecule has 2 aliphatic rings. The molecule has 0 unspecified atom stereocenters. The van der Waals surface area contributed by atoms with Crippen molar-refractivity contribution in [3.8, 4) is 11.1 Å². The molecule has 2 aliphatic heterocycles. The van der Waals surface area contributed by atoms with Gasteiger partial charge in [0.15, 0.2) is 0 Å². The summed E-state index contributed by atoms with van der Waals surface area (Å²) in [5, 5.41) is 3.36. The van der Waals surface area contributed by atoms with Crippen molar-refractivity contribution < 1.29 is 9.53 Å². The maximum atomic E-state index is 13.6. The number of hydrogen-bond donors (Lipinski definition) is 1. The zero-order valence-corrected chi connectivity index (χ0v) is 20.0. The summed E-state index contributed by atoms with van der Waals surface area (Å²) in [5.74, 6) is 0.198. The normalized spacial score (nSPS) is 19.6. The summed E-state index contributed by atoms with van der Waals surface area (Å²) in [6.07, 6.45) is 4.88. The van der Waals surface area contributed by atoms with Gasteiger partial charge in [0, 0.05) is 25.8 Å². The Morgan fingerprint density at radius 2 is 1.72 bits per heavy atom. The van der Waals surface area contributed by atoms with Crippen LogP contribution in [0.4, 0.5) is 0 Å². The molecule has 4 nitrogen and oxygen atoms in total. The number of nitrogens with zero attached hydrogens (tertiary/aromatic N) is 1. The van der Waals surface area contributed by atoms with Gasteiger partial charge in [-0.2, -0.15) is 0 Å². The van der Waals surface area contributed by atoms with E-state index in [1.807, 2.05) is 0 Å². The summed E-state index contributed by atoms with van der Waals surface area (Å²) in [5.41, 5.74) is 5.85. The fourth-order valence-electron chi connectivity index (χ4n) is 5.41. The van der Waals surface area contributed by atoms with Crippen LogP contribution in [-0.2, 0) is 16.0 Å². The number of carbonyl (C=O) groups is 1. The first-order valence-electron chi connectivity index (χ1n) is 12.2. The van der Waals surface area contributed by atoms with Gasteiger partial charge >= 0.3 is 0 Å². The first kappa shape index (κ1) is 23.0. The quantitative estimate of drug-likeness (QED) is 0.673. The number of ether oxygens (including phenoxy) is 1. The van der Waals surface area contributed by atoms with Crippen LogP contribution in [0, 0.1) is 19.3 Å². The van der Waals surface area contributed by atoms with Gasteiger partial charge < -0.3 is 15.0 Å². The lowest BCUT2D eigenvalue weighted by atomic mass is 9.74. The average molecular weight is 435 g/mol. The van der Waals surface area contributed by atoms with Gasteiger partial charge in [0.25, 0.3) is 0 Å². The molecule has 0 aromatic heterocycles. The molecular formula is C28H38N2O2. The monoisotopic (exact) mass is 434 g/mol. The van der Waals surface area contributed by atoms with Crippen LogP contribution in [0.1, 0.15) is 49.3 Å². The Bertz CT molecular complexity index is 907. The number of aryl methyl sites for hydroxylation is 2. The van der Waals surface area contributed by atoms with Gasteiger partial charge in [-0.25, -0.2) is 0 Å². The topological polar surface area (TPSA) is 41.6 Å². The summed E-state index contributed by atoms with van der Waals surface area (Å²) < 4.78 is 5.66. The van der Waals surface area contributed by atoms with Crippen LogP contribution in [-0.4, -0.2) is 49.7 Å². The molecule has 32 heavy (non-hydrogen) atoms. The Morgan fingerprint density at radius 3 is 2.41 bits per heavy atom. The molecule has 1 amide bonds. The zero-order valence-electron chi connectivity index (χ0n) is 20.0. The number of benzene rings is 2. The average Bonchev–Trinajstić information content (AvgIpc) is 3.27. The van der Waals surface area contributed by atoms with Crippen molar-refractivity contribution in [2.45, 2.75) is 58.9 Å². The highest BCUT2D eigenvalue weighted by molar-refractivity contribution is 5.83. The first-order valence-corrected chi connectivity index (χ1v) is 12.2. The predicted molar refractivity (Wildman–Crippen MR) is 131 cm³/mol. The lowest BCUT2D eigenvalue weighted by Crippen LogP contribution is -2.51. The molecule has 0 spiro atoms. The minimum Gasteiger partial charge on any atom is -0.381 e. The number of hydrogen-bond acceptors (Lipinski definition) is 3. The number of rotatable bonds is 7.